The second-order valence-electron chi connectivity index (χ2n) is 10.8. The summed E-state index contributed by atoms with van der Waals surface area (Å²) >= 11 is 0. The number of nitrogens with one attached hydrogen (secondary N) is 1. The van der Waals surface area contributed by atoms with Crippen molar-refractivity contribution in [1.82, 2.24) is 0 Å². The number of aromatic hydroxyl groups is 1. The number of azo groups is 3. The maximum Gasteiger partial charge on any atom is 0.150 e. The number of benzene rings is 6. The van der Waals surface area contributed by atoms with Gasteiger partial charge in [0, 0.05) is 23.3 Å². The van der Waals surface area contributed by atoms with Gasteiger partial charge in [0.25, 0.3) is 0 Å². The smallest absolute Gasteiger partial charge is 0.150 e. The number of nitrogens with zero attached hydrogens (tertiary/aromatic N) is 6. The molecule has 0 atom stereocenters. The Labute approximate surface area is 266 Å². The van der Waals surface area contributed by atoms with Crippen molar-refractivity contribution in [2.75, 3.05) is 11.1 Å². The summed E-state index contributed by atoms with van der Waals surface area (Å²) in [5, 5.41) is 42.2. The van der Waals surface area contributed by atoms with Crippen LogP contribution in [0.25, 0.3) is 10.8 Å². The lowest BCUT2D eigenvalue weighted by atomic mass is 10.1. The Balaban J connectivity index is 1.12. The highest BCUT2D eigenvalue weighted by Crippen LogP contribution is 2.38. The molecule has 226 valence electrons. The maximum absolute atomic E-state index is 11.0. The molecular weight excluding hydrogens is 572 g/mol. The van der Waals surface area contributed by atoms with Crippen molar-refractivity contribution in [3.63, 3.8) is 0 Å². The third-order valence-corrected chi connectivity index (χ3v) is 7.39. The van der Waals surface area contributed by atoms with Crippen LogP contribution in [-0.4, -0.2) is 5.11 Å². The molecule has 0 fully saturated rings. The molecule has 6 aromatic rings. The average Bonchev–Trinajstić information content (AvgIpc) is 3.08. The molecule has 6 aromatic carbocycles. The predicted molar refractivity (Wildman–Crippen MR) is 185 cm³/mol. The first kappa shape index (κ1) is 29.8. The molecule has 0 radical (unpaired) electrons. The van der Waals surface area contributed by atoms with E-state index in [1.807, 2.05) is 129 Å². The number of anilines is 2. The molecule has 6 rings (SSSR count). The molecule has 0 unspecified atom stereocenters. The van der Waals surface area contributed by atoms with Crippen molar-refractivity contribution >= 4 is 56.3 Å². The van der Waals surface area contributed by atoms with E-state index in [1.54, 1.807) is 6.07 Å². The number of hydrogen-bond acceptors (Lipinski definition) is 9. The quantitative estimate of drug-likeness (QED) is 0.112. The van der Waals surface area contributed by atoms with Gasteiger partial charge in [0.15, 0.2) is 5.75 Å². The number of phenols is 1. The summed E-state index contributed by atoms with van der Waals surface area (Å²) in [6.45, 7) is 4.56. The molecule has 0 bridgehead atoms. The van der Waals surface area contributed by atoms with Gasteiger partial charge in [-0.25, -0.2) is 0 Å². The van der Waals surface area contributed by atoms with Crippen molar-refractivity contribution in [3.8, 4) is 5.75 Å². The molecule has 0 aromatic heterocycles. The molecule has 0 spiro atoms. The van der Waals surface area contributed by atoms with Crippen LogP contribution in [-0.2, 0) is 6.54 Å². The first-order chi connectivity index (χ1) is 22.4. The van der Waals surface area contributed by atoms with Crippen molar-refractivity contribution in [2.24, 2.45) is 30.7 Å². The van der Waals surface area contributed by atoms with Gasteiger partial charge in [-0.2, -0.15) is 25.6 Å². The minimum absolute atomic E-state index is 0.0821. The molecule has 0 heterocycles. The Kier molecular flexibility index (Phi) is 8.83. The van der Waals surface area contributed by atoms with E-state index in [9.17, 15) is 5.11 Å². The predicted octanol–water partition coefficient (Wildman–Crippen LogP) is 11.6. The minimum Gasteiger partial charge on any atom is -0.505 e. The molecule has 46 heavy (non-hydrogen) atoms. The summed E-state index contributed by atoms with van der Waals surface area (Å²) in [6.07, 6.45) is 0. The van der Waals surface area contributed by atoms with Gasteiger partial charge in [-0.1, -0.05) is 36.4 Å². The Morgan fingerprint density at radius 2 is 1.13 bits per heavy atom. The second kappa shape index (κ2) is 13.6. The van der Waals surface area contributed by atoms with Crippen molar-refractivity contribution < 1.29 is 5.11 Å². The van der Waals surface area contributed by atoms with Crippen LogP contribution in [0.4, 0.5) is 45.5 Å². The summed E-state index contributed by atoms with van der Waals surface area (Å²) in [7, 11) is 0. The molecule has 4 N–H and O–H groups in total. The highest BCUT2D eigenvalue weighted by atomic mass is 16.3. The molecule has 0 saturated carbocycles. The zero-order valence-electron chi connectivity index (χ0n) is 25.5. The molecular formula is C37H32N8O. The van der Waals surface area contributed by atoms with Crippen LogP contribution in [0.15, 0.2) is 152 Å². The van der Waals surface area contributed by atoms with Crippen molar-refractivity contribution in [3.05, 3.63) is 138 Å². The second-order valence-corrected chi connectivity index (χ2v) is 10.8. The zero-order valence-corrected chi connectivity index (χ0v) is 25.5. The highest BCUT2D eigenvalue weighted by molar-refractivity contribution is 5.94. The largest absolute Gasteiger partial charge is 0.505 e. The number of hydrogen-bond donors (Lipinski definition) is 3. The molecule has 0 aliphatic carbocycles. The third-order valence-electron chi connectivity index (χ3n) is 7.39. The van der Waals surface area contributed by atoms with E-state index in [-0.39, 0.29) is 5.75 Å². The number of nitrogens with two attached hydrogens (primary N) is 1. The van der Waals surface area contributed by atoms with Crippen LogP contribution in [0.3, 0.4) is 0 Å². The van der Waals surface area contributed by atoms with Crippen molar-refractivity contribution in [2.45, 2.75) is 20.4 Å². The Bertz CT molecular complexity index is 2070. The number of nitrogen functional groups attached to an aromatic ring is 1. The lowest BCUT2D eigenvalue weighted by molar-refractivity contribution is 0.482. The Hall–Kier alpha value is -6.22. The van der Waals surface area contributed by atoms with Gasteiger partial charge < -0.3 is 16.2 Å². The van der Waals surface area contributed by atoms with Crippen LogP contribution < -0.4 is 11.1 Å². The number of phenolic OH excluding ortho intramolecular Hbond substituents is 1. The Morgan fingerprint density at radius 3 is 1.78 bits per heavy atom. The van der Waals surface area contributed by atoms with Crippen LogP contribution in [0.2, 0.25) is 0 Å². The summed E-state index contributed by atoms with van der Waals surface area (Å²) in [6, 6.07) is 38.1. The fraction of sp³-hybridized carbons (Fsp3) is 0.0811. The van der Waals surface area contributed by atoms with E-state index in [1.165, 1.54) is 0 Å². The lowest BCUT2D eigenvalue weighted by Crippen LogP contribution is -1.99. The van der Waals surface area contributed by atoms with Gasteiger partial charge in [-0.05, 0) is 121 Å². The Morgan fingerprint density at radius 1 is 0.565 bits per heavy atom. The van der Waals surface area contributed by atoms with Gasteiger partial charge in [0.05, 0.1) is 28.4 Å². The standard InChI is InChI=1S/C37H32N8O/c1-24-21-36(25(2)20-35(24)44-42-31-15-13-30(14-16-31)41-40-29-6-4-3-5-7-29)45-43-34-19-10-27-22-32(17-18-33(27)37(34)46)39-23-26-8-11-28(38)12-9-26/h3-22,39,46H,23,38H2,1-2H3. The van der Waals surface area contributed by atoms with E-state index >= 15 is 0 Å². The topological polar surface area (TPSA) is 132 Å². The summed E-state index contributed by atoms with van der Waals surface area (Å²) in [4.78, 5) is 0. The van der Waals surface area contributed by atoms with Crippen LogP contribution in [0, 0.1) is 13.8 Å². The summed E-state index contributed by atoms with van der Waals surface area (Å²) in [5.41, 5.74) is 14.4. The van der Waals surface area contributed by atoms with Crippen LogP contribution in [0.1, 0.15) is 16.7 Å². The van der Waals surface area contributed by atoms with Gasteiger partial charge in [0.1, 0.15) is 5.69 Å². The number of fused-ring (bicyclic) bond motifs is 1. The molecule has 9 heteroatoms. The van der Waals surface area contributed by atoms with Gasteiger partial charge in [-0.15, -0.1) is 5.11 Å². The maximum atomic E-state index is 11.0. The average molecular weight is 605 g/mol. The molecule has 0 aliphatic rings. The molecule has 0 amide bonds. The fourth-order valence-electron chi connectivity index (χ4n) is 4.75. The third kappa shape index (κ3) is 7.28. The van der Waals surface area contributed by atoms with E-state index in [0.29, 0.717) is 29.0 Å². The highest BCUT2D eigenvalue weighted by Gasteiger charge is 2.09. The van der Waals surface area contributed by atoms with E-state index in [4.69, 9.17) is 5.73 Å². The zero-order chi connectivity index (χ0) is 31.9. The first-order valence-corrected chi connectivity index (χ1v) is 14.8. The minimum atomic E-state index is 0.0821. The molecule has 0 aliphatic heterocycles. The van der Waals surface area contributed by atoms with Gasteiger partial charge in [0.2, 0.25) is 0 Å². The van der Waals surface area contributed by atoms with E-state index < -0.39 is 0 Å². The SMILES string of the molecule is Cc1cc(N=Nc2ccc3cc(NCc4ccc(N)cc4)ccc3c2O)c(C)cc1N=Nc1ccc(N=Nc2ccccc2)cc1. The van der Waals surface area contributed by atoms with Crippen molar-refractivity contribution in [1.29, 1.82) is 0 Å². The number of aryl methyl sites for hydroxylation is 2. The van der Waals surface area contributed by atoms with Crippen LogP contribution in [0.5, 0.6) is 5.75 Å². The molecule has 9 nitrogen and oxygen atoms in total. The van der Waals surface area contributed by atoms with Gasteiger partial charge in [-0.3, -0.25) is 0 Å². The van der Waals surface area contributed by atoms with E-state index in [0.717, 1.165) is 50.5 Å². The first-order valence-electron chi connectivity index (χ1n) is 14.8. The summed E-state index contributed by atoms with van der Waals surface area (Å²) < 4.78 is 0. The lowest BCUT2D eigenvalue weighted by Gasteiger charge is -2.10. The van der Waals surface area contributed by atoms with Crippen LogP contribution >= 0.6 is 0 Å². The number of rotatable bonds is 9. The van der Waals surface area contributed by atoms with Gasteiger partial charge >= 0.3 is 0 Å². The normalized spacial score (nSPS) is 11.7. The van der Waals surface area contributed by atoms with E-state index in [2.05, 4.69) is 36.0 Å². The fourth-order valence-corrected chi connectivity index (χ4v) is 4.75. The molecule has 0 saturated heterocycles. The summed E-state index contributed by atoms with van der Waals surface area (Å²) in [5.74, 6) is 0.0821. The monoisotopic (exact) mass is 604 g/mol.